The maximum Gasteiger partial charge on any atom is 0.251 e. The minimum absolute atomic E-state index is 0.0256. The summed E-state index contributed by atoms with van der Waals surface area (Å²) < 4.78 is 8.29. The fourth-order valence-corrected chi connectivity index (χ4v) is 4.33. The average molecular weight is 484 g/mol. The molecule has 0 saturated carbocycles. The number of rotatable bonds is 12. The van der Waals surface area contributed by atoms with Gasteiger partial charge in [0.25, 0.3) is 5.91 Å². The summed E-state index contributed by atoms with van der Waals surface area (Å²) in [6, 6.07) is 24.4. The summed E-state index contributed by atoms with van der Waals surface area (Å²) in [5.41, 5.74) is 5.37. The van der Waals surface area contributed by atoms with E-state index < -0.39 is 0 Å². The molecule has 0 bridgehead atoms. The molecule has 0 fully saturated rings. The van der Waals surface area contributed by atoms with Crippen LogP contribution in [0.1, 0.15) is 66.3 Å². The Morgan fingerprint density at radius 3 is 2.44 bits per heavy atom. The summed E-state index contributed by atoms with van der Waals surface area (Å²) in [7, 11) is 0. The Hall–Kier alpha value is -3.60. The van der Waals surface area contributed by atoms with Crippen molar-refractivity contribution in [3.8, 4) is 5.75 Å². The maximum absolute atomic E-state index is 12.4. The van der Waals surface area contributed by atoms with Crippen molar-refractivity contribution < 1.29 is 9.53 Å². The first kappa shape index (κ1) is 25.5. The van der Waals surface area contributed by atoms with Gasteiger partial charge in [0.15, 0.2) is 0 Å². The van der Waals surface area contributed by atoms with Crippen molar-refractivity contribution in [2.24, 2.45) is 0 Å². The molecule has 0 aliphatic heterocycles. The van der Waals surface area contributed by atoms with E-state index in [9.17, 15) is 4.79 Å². The molecule has 1 aromatic heterocycles. The molecule has 0 aliphatic carbocycles. The molecule has 1 heterocycles. The number of unbranched alkanes of at least 4 members (excludes halogenated alkanes) is 1. The van der Waals surface area contributed by atoms with E-state index in [0.717, 1.165) is 54.9 Å². The number of ether oxygens (including phenoxy) is 1. The average Bonchev–Trinajstić information content (AvgIpc) is 3.24. The van der Waals surface area contributed by atoms with Crippen LogP contribution in [0, 0.1) is 6.92 Å². The van der Waals surface area contributed by atoms with E-state index in [-0.39, 0.29) is 5.91 Å². The molecule has 0 atom stereocenters. The Kier molecular flexibility index (Phi) is 8.77. The first-order chi connectivity index (χ1) is 17.5. The highest BCUT2D eigenvalue weighted by Crippen LogP contribution is 2.20. The zero-order valence-electron chi connectivity index (χ0n) is 21.7. The van der Waals surface area contributed by atoms with Crippen LogP contribution in [-0.4, -0.2) is 28.6 Å². The highest BCUT2D eigenvalue weighted by Gasteiger charge is 2.11. The van der Waals surface area contributed by atoms with Gasteiger partial charge in [-0.3, -0.25) is 4.79 Å². The molecule has 4 aromatic rings. The Morgan fingerprint density at radius 2 is 1.69 bits per heavy atom. The normalized spacial score (nSPS) is 11.2. The minimum Gasteiger partial charge on any atom is -0.494 e. The number of carbonyl (C=O) groups is 1. The molecule has 36 heavy (non-hydrogen) atoms. The van der Waals surface area contributed by atoms with Gasteiger partial charge < -0.3 is 14.6 Å². The number of hydrogen-bond donors (Lipinski definition) is 1. The highest BCUT2D eigenvalue weighted by molar-refractivity contribution is 5.94. The van der Waals surface area contributed by atoms with E-state index in [1.54, 1.807) is 0 Å². The zero-order chi connectivity index (χ0) is 25.3. The number of aryl methyl sites for hydroxylation is 3. The van der Waals surface area contributed by atoms with E-state index in [2.05, 4.69) is 66.2 Å². The summed E-state index contributed by atoms with van der Waals surface area (Å²) in [5.74, 6) is 2.51. The van der Waals surface area contributed by atoms with Gasteiger partial charge in [0, 0.05) is 25.1 Å². The number of hydrogen-bond acceptors (Lipinski definition) is 3. The lowest BCUT2D eigenvalue weighted by Crippen LogP contribution is -2.25. The summed E-state index contributed by atoms with van der Waals surface area (Å²) in [6.45, 7) is 8.65. The molecule has 5 nitrogen and oxygen atoms in total. The smallest absolute Gasteiger partial charge is 0.251 e. The summed E-state index contributed by atoms with van der Waals surface area (Å²) >= 11 is 0. The lowest BCUT2D eigenvalue weighted by atomic mass is 10.0. The Balaban J connectivity index is 1.27. The monoisotopic (exact) mass is 483 g/mol. The van der Waals surface area contributed by atoms with Crippen LogP contribution in [0.25, 0.3) is 11.0 Å². The molecule has 1 amide bonds. The van der Waals surface area contributed by atoms with Crippen LogP contribution < -0.4 is 10.1 Å². The molecule has 188 valence electrons. The van der Waals surface area contributed by atoms with E-state index >= 15 is 0 Å². The quantitative estimate of drug-likeness (QED) is 0.228. The topological polar surface area (TPSA) is 56.2 Å². The molecule has 0 unspecified atom stereocenters. The molecule has 4 rings (SSSR count). The predicted molar refractivity (Wildman–Crippen MR) is 147 cm³/mol. The number of nitrogens with zero attached hydrogens (tertiary/aromatic N) is 2. The summed E-state index contributed by atoms with van der Waals surface area (Å²) in [6.07, 6.45) is 3.66. The van der Waals surface area contributed by atoms with Gasteiger partial charge >= 0.3 is 0 Å². The molecular formula is C31H37N3O2. The van der Waals surface area contributed by atoms with Gasteiger partial charge in [-0.25, -0.2) is 4.98 Å². The lowest BCUT2D eigenvalue weighted by molar-refractivity contribution is 0.0953. The van der Waals surface area contributed by atoms with E-state index in [1.807, 2.05) is 37.3 Å². The fourth-order valence-electron chi connectivity index (χ4n) is 4.33. The first-order valence-corrected chi connectivity index (χ1v) is 13.0. The van der Waals surface area contributed by atoms with Crippen molar-refractivity contribution in [1.82, 2.24) is 14.9 Å². The van der Waals surface area contributed by atoms with Crippen LogP contribution >= 0.6 is 0 Å². The minimum atomic E-state index is -0.0256. The van der Waals surface area contributed by atoms with Gasteiger partial charge in [0.05, 0.1) is 17.6 Å². The molecule has 0 radical (unpaired) electrons. The van der Waals surface area contributed by atoms with Gasteiger partial charge in [0.1, 0.15) is 11.6 Å². The third-order valence-electron chi connectivity index (χ3n) is 6.50. The van der Waals surface area contributed by atoms with E-state index in [0.29, 0.717) is 24.6 Å². The van der Waals surface area contributed by atoms with Crippen molar-refractivity contribution in [3.63, 3.8) is 0 Å². The van der Waals surface area contributed by atoms with Crippen molar-refractivity contribution >= 4 is 16.9 Å². The zero-order valence-corrected chi connectivity index (χ0v) is 21.7. The molecule has 0 aliphatic rings. The number of amides is 1. The summed E-state index contributed by atoms with van der Waals surface area (Å²) in [5, 5.41) is 3.03. The third kappa shape index (κ3) is 6.75. The Morgan fingerprint density at radius 1 is 0.944 bits per heavy atom. The fraction of sp³-hybridized carbons (Fsp3) is 0.355. The number of nitrogens with one attached hydrogen (secondary N) is 1. The van der Waals surface area contributed by atoms with Crippen molar-refractivity contribution in [2.75, 3.05) is 13.2 Å². The van der Waals surface area contributed by atoms with Crippen molar-refractivity contribution in [1.29, 1.82) is 0 Å². The standard InChI is InChI=1S/C31H37N3O2/c1-23(2)25-16-18-27(19-17-25)36-22-7-6-21-34-29-10-5-4-9-28(29)33-30(34)11-8-20-32-31(35)26-14-12-24(3)13-15-26/h4-5,9-10,12-19,23H,6-8,11,20-22H2,1-3H3,(H,32,35). The van der Waals surface area contributed by atoms with Crippen LogP contribution in [0.15, 0.2) is 72.8 Å². The number of fused-ring (bicyclic) bond motifs is 1. The molecule has 5 heteroatoms. The van der Waals surface area contributed by atoms with Crippen molar-refractivity contribution in [2.45, 2.75) is 58.9 Å². The van der Waals surface area contributed by atoms with Crippen LogP contribution in [0.4, 0.5) is 0 Å². The van der Waals surface area contributed by atoms with Gasteiger partial charge in [-0.1, -0.05) is 55.8 Å². The number of carbonyl (C=O) groups excluding carboxylic acids is 1. The van der Waals surface area contributed by atoms with Crippen LogP contribution in [-0.2, 0) is 13.0 Å². The van der Waals surface area contributed by atoms with Crippen LogP contribution in [0.3, 0.4) is 0 Å². The molecule has 1 N–H and O–H groups in total. The second kappa shape index (κ2) is 12.4. The summed E-state index contributed by atoms with van der Waals surface area (Å²) in [4.78, 5) is 17.3. The largest absolute Gasteiger partial charge is 0.494 e. The number of benzene rings is 3. The molecular weight excluding hydrogens is 446 g/mol. The molecule has 0 saturated heterocycles. The molecule has 0 spiro atoms. The Labute approximate surface area is 214 Å². The maximum atomic E-state index is 12.4. The van der Waals surface area contributed by atoms with E-state index in [4.69, 9.17) is 9.72 Å². The van der Waals surface area contributed by atoms with E-state index in [1.165, 1.54) is 11.1 Å². The van der Waals surface area contributed by atoms with Crippen molar-refractivity contribution in [3.05, 3.63) is 95.3 Å². The second-order valence-corrected chi connectivity index (χ2v) is 9.67. The van der Waals surface area contributed by atoms with Gasteiger partial charge in [-0.05, 0) is 74.1 Å². The second-order valence-electron chi connectivity index (χ2n) is 9.67. The highest BCUT2D eigenvalue weighted by atomic mass is 16.5. The first-order valence-electron chi connectivity index (χ1n) is 13.0. The number of imidazole rings is 1. The van der Waals surface area contributed by atoms with Gasteiger partial charge in [-0.15, -0.1) is 0 Å². The molecule has 3 aromatic carbocycles. The van der Waals surface area contributed by atoms with Crippen LogP contribution in [0.5, 0.6) is 5.75 Å². The predicted octanol–water partition coefficient (Wildman–Crippen LogP) is 6.69. The Bertz CT molecular complexity index is 1260. The lowest BCUT2D eigenvalue weighted by Gasteiger charge is -2.11. The SMILES string of the molecule is Cc1ccc(C(=O)NCCCc2nc3ccccc3n2CCCCOc2ccc(C(C)C)cc2)cc1. The number of para-hydroxylation sites is 2. The van der Waals surface area contributed by atoms with Gasteiger partial charge in [-0.2, -0.15) is 0 Å². The number of aromatic nitrogens is 2. The van der Waals surface area contributed by atoms with Crippen LogP contribution in [0.2, 0.25) is 0 Å². The third-order valence-corrected chi connectivity index (χ3v) is 6.50. The van der Waals surface area contributed by atoms with Gasteiger partial charge in [0.2, 0.25) is 0 Å².